The van der Waals surface area contributed by atoms with Crippen LogP contribution in [0.4, 0.5) is 0 Å². The summed E-state index contributed by atoms with van der Waals surface area (Å²) in [7, 11) is 0. The van der Waals surface area contributed by atoms with Gasteiger partial charge < -0.3 is 0 Å². The minimum Gasteiger partial charge on any atom is -0.289 e. The van der Waals surface area contributed by atoms with Crippen molar-refractivity contribution in [3.63, 3.8) is 0 Å². The van der Waals surface area contributed by atoms with Crippen LogP contribution in [-0.2, 0) is 5.11 Å². The standard InChI is InChI=1S/C8H5BrN3O/c9-8-5(2-1-3-7(8)13)6-4-10-12-11-6/h1-4H,(H,10,11,12). The van der Waals surface area contributed by atoms with E-state index < -0.39 is 0 Å². The van der Waals surface area contributed by atoms with Gasteiger partial charge in [0.2, 0.25) is 0 Å². The van der Waals surface area contributed by atoms with Gasteiger partial charge in [-0.25, -0.2) is 0 Å². The maximum absolute atomic E-state index is 11.2. The first-order valence-corrected chi connectivity index (χ1v) is 4.40. The number of hydrogen-bond acceptors (Lipinski definition) is 2. The molecule has 65 valence electrons. The molecule has 0 fully saturated rings. The van der Waals surface area contributed by atoms with E-state index >= 15 is 0 Å². The Labute approximate surface area is 82.7 Å². The maximum Gasteiger partial charge on any atom is 0.193 e. The minimum absolute atomic E-state index is 0.0490. The molecule has 4 nitrogen and oxygen atoms in total. The normalized spacial score (nSPS) is 10.2. The van der Waals surface area contributed by atoms with Crippen LogP contribution in [0.15, 0.2) is 28.9 Å². The van der Waals surface area contributed by atoms with Crippen molar-refractivity contribution in [1.82, 2.24) is 15.4 Å². The van der Waals surface area contributed by atoms with Crippen molar-refractivity contribution in [2.75, 3.05) is 0 Å². The molecule has 0 aliphatic rings. The number of benzene rings is 1. The maximum atomic E-state index is 11.2. The van der Waals surface area contributed by atoms with Gasteiger partial charge in [0, 0.05) is 5.56 Å². The van der Waals surface area contributed by atoms with Gasteiger partial charge in [0.15, 0.2) is 5.75 Å². The molecule has 1 N–H and O–H groups in total. The second kappa shape index (κ2) is 3.18. The SMILES string of the molecule is [O]c1cccc(-c2cnn[nH]2)c1Br. The third-order valence-corrected chi connectivity index (χ3v) is 2.49. The zero-order valence-corrected chi connectivity index (χ0v) is 8.08. The van der Waals surface area contributed by atoms with E-state index in [4.69, 9.17) is 0 Å². The third-order valence-electron chi connectivity index (χ3n) is 1.67. The van der Waals surface area contributed by atoms with E-state index in [1.807, 2.05) is 6.07 Å². The van der Waals surface area contributed by atoms with Crippen LogP contribution in [0.2, 0.25) is 0 Å². The van der Waals surface area contributed by atoms with Crippen molar-refractivity contribution in [2.45, 2.75) is 0 Å². The Bertz CT molecular complexity index is 413. The van der Waals surface area contributed by atoms with Gasteiger partial charge in [-0.05, 0) is 22.0 Å². The van der Waals surface area contributed by atoms with Crippen LogP contribution in [0.1, 0.15) is 0 Å². The summed E-state index contributed by atoms with van der Waals surface area (Å²) in [6, 6.07) is 5.02. The number of nitrogens with zero attached hydrogens (tertiary/aromatic N) is 2. The molecule has 1 aromatic heterocycles. The van der Waals surface area contributed by atoms with E-state index in [0.29, 0.717) is 4.47 Å². The van der Waals surface area contributed by atoms with Crippen molar-refractivity contribution in [3.8, 4) is 17.0 Å². The highest BCUT2D eigenvalue weighted by atomic mass is 79.9. The highest BCUT2D eigenvalue weighted by molar-refractivity contribution is 9.10. The van der Waals surface area contributed by atoms with Gasteiger partial charge in [-0.1, -0.05) is 17.3 Å². The fraction of sp³-hybridized carbons (Fsp3) is 0. The van der Waals surface area contributed by atoms with Crippen LogP contribution >= 0.6 is 15.9 Å². The van der Waals surface area contributed by atoms with E-state index in [0.717, 1.165) is 11.3 Å². The second-order valence-electron chi connectivity index (χ2n) is 2.49. The second-order valence-corrected chi connectivity index (χ2v) is 3.28. The summed E-state index contributed by atoms with van der Waals surface area (Å²) in [5.41, 5.74) is 1.50. The van der Waals surface area contributed by atoms with E-state index in [1.165, 1.54) is 6.07 Å². The van der Waals surface area contributed by atoms with Gasteiger partial charge in [-0.15, -0.1) is 5.10 Å². The zero-order chi connectivity index (χ0) is 9.26. The fourth-order valence-corrected chi connectivity index (χ4v) is 1.52. The van der Waals surface area contributed by atoms with Crippen LogP contribution in [0.3, 0.4) is 0 Å². The lowest BCUT2D eigenvalue weighted by Gasteiger charge is -1.99. The first-order chi connectivity index (χ1) is 6.29. The molecule has 1 radical (unpaired) electrons. The molecule has 0 spiro atoms. The van der Waals surface area contributed by atoms with Crippen LogP contribution in [0, 0.1) is 0 Å². The Kier molecular flexibility index (Phi) is 2.02. The Hall–Kier alpha value is -1.36. The predicted octanol–water partition coefficient (Wildman–Crippen LogP) is 2.38. The lowest BCUT2D eigenvalue weighted by molar-refractivity contribution is 0.352. The predicted molar refractivity (Wildman–Crippen MR) is 49.7 cm³/mol. The van der Waals surface area contributed by atoms with Crippen LogP contribution in [-0.4, -0.2) is 15.4 Å². The number of H-pyrrole nitrogens is 1. The van der Waals surface area contributed by atoms with Crippen LogP contribution in [0.25, 0.3) is 11.3 Å². The van der Waals surface area contributed by atoms with Gasteiger partial charge in [-0.3, -0.25) is 10.2 Å². The molecule has 0 amide bonds. The Morgan fingerprint density at radius 3 is 2.92 bits per heavy atom. The van der Waals surface area contributed by atoms with E-state index in [1.54, 1.807) is 12.3 Å². The number of halogens is 1. The molecule has 0 saturated carbocycles. The largest absolute Gasteiger partial charge is 0.289 e. The molecule has 2 rings (SSSR count). The Balaban J connectivity index is 2.59. The average molecular weight is 239 g/mol. The molecule has 0 aliphatic heterocycles. The molecule has 1 heterocycles. The number of aromatic nitrogens is 3. The highest BCUT2D eigenvalue weighted by Gasteiger charge is 2.08. The summed E-state index contributed by atoms with van der Waals surface area (Å²) < 4.78 is 0.529. The van der Waals surface area contributed by atoms with Crippen molar-refractivity contribution >= 4 is 15.9 Å². The van der Waals surface area contributed by atoms with Gasteiger partial charge in [0.05, 0.1) is 16.4 Å². The quantitative estimate of drug-likeness (QED) is 0.830. The number of aromatic amines is 1. The van der Waals surface area contributed by atoms with Crippen molar-refractivity contribution in [2.24, 2.45) is 0 Å². The molecule has 0 atom stereocenters. The number of rotatable bonds is 1. The van der Waals surface area contributed by atoms with Crippen molar-refractivity contribution < 1.29 is 5.11 Å². The molecule has 1 aromatic carbocycles. The van der Waals surface area contributed by atoms with Gasteiger partial charge >= 0.3 is 0 Å². The summed E-state index contributed by atoms with van der Waals surface area (Å²) in [6.07, 6.45) is 1.57. The third kappa shape index (κ3) is 1.42. The molecular weight excluding hydrogens is 234 g/mol. The summed E-state index contributed by atoms with van der Waals surface area (Å²) in [5, 5.41) is 21.1. The average Bonchev–Trinajstić information content (AvgIpc) is 2.62. The Morgan fingerprint density at radius 1 is 1.38 bits per heavy atom. The van der Waals surface area contributed by atoms with Crippen molar-refractivity contribution in [3.05, 3.63) is 28.9 Å². The number of hydrogen-bond donors (Lipinski definition) is 1. The molecule has 0 saturated heterocycles. The fourth-order valence-electron chi connectivity index (χ4n) is 1.05. The topological polar surface area (TPSA) is 61.5 Å². The summed E-state index contributed by atoms with van der Waals surface area (Å²) in [6.45, 7) is 0. The highest BCUT2D eigenvalue weighted by Crippen LogP contribution is 2.33. The molecule has 5 heteroatoms. The summed E-state index contributed by atoms with van der Waals surface area (Å²) >= 11 is 3.21. The first kappa shape index (κ1) is 8.25. The van der Waals surface area contributed by atoms with Gasteiger partial charge in [0.1, 0.15) is 0 Å². The molecule has 0 unspecified atom stereocenters. The zero-order valence-electron chi connectivity index (χ0n) is 6.49. The van der Waals surface area contributed by atoms with Gasteiger partial charge in [-0.2, -0.15) is 0 Å². The van der Waals surface area contributed by atoms with E-state index in [9.17, 15) is 5.11 Å². The molecular formula is C8H5BrN3O. The molecule has 2 aromatic rings. The summed E-state index contributed by atoms with van der Waals surface area (Å²) in [4.78, 5) is 0. The van der Waals surface area contributed by atoms with Crippen LogP contribution in [0.5, 0.6) is 5.75 Å². The van der Waals surface area contributed by atoms with E-state index in [-0.39, 0.29) is 5.75 Å². The monoisotopic (exact) mass is 238 g/mol. The smallest absolute Gasteiger partial charge is 0.193 e. The van der Waals surface area contributed by atoms with Gasteiger partial charge in [0.25, 0.3) is 0 Å². The molecule has 0 aliphatic carbocycles. The number of nitrogens with one attached hydrogen (secondary N) is 1. The van der Waals surface area contributed by atoms with Crippen LogP contribution < -0.4 is 0 Å². The summed E-state index contributed by atoms with van der Waals surface area (Å²) in [5.74, 6) is -0.0490. The minimum atomic E-state index is -0.0490. The lowest BCUT2D eigenvalue weighted by Crippen LogP contribution is -1.79. The molecule has 0 bridgehead atoms. The van der Waals surface area contributed by atoms with Crippen molar-refractivity contribution in [1.29, 1.82) is 0 Å². The Morgan fingerprint density at radius 2 is 2.23 bits per heavy atom. The first-order valence-electron chi connectivity index (χ1n) is 3.61. The van der Waals surface area contributed by atoms with E-state index in [2.05, 4.69) is 31.3 Å². The molecule has 13 heavy (non-hydrogen) atoms. The lowest BCUT2D eigenvalue weighted by atomic mass is 10.1.